The topological polar surface area (TPSA) is 75.6 Å². The second kappa shape index (κ2) is 13.4. The summed E-state index contributed by atoms with van der Waals surface area (Å²) < 4.78 is 5.38. The fourth-order valence-electron chi connectivity index (χ4n) is 2.41. The summed E-state index contributed by atoms with van der Waals surface area (Å²) >= 11 is 0. The molecule has 0 radical (unpaired) electrons. The average molecular weight is 335 g/mol. The number of hydrogen-bond donors (Lipinski definition) is 2. The summed E-state index contributed by atoms with van der Waals surface area (Å²) in [6.07, 6.45) is 8.78. The van der Waals surface area contributed by atoms with E-state index in [9.17, 15) is 9.59 Å². The van der Waals surface area contributed by atoms with E-state index in [-0.39, 0.29) is 18.9 Å². The molecular weight excluding hydrogens is 306 g/mol. The minimum absolute atomic E-state index is 0.0559. The first-order valence-corrected chi connectivity index (χ1v) is 8.85. The third-order valence-corrected chi connectivity index (χ3v) is 3.75. The number of rotatable bonds is 14. The van der Waals surface area contributed by atoms with Crippen molar-refractivity contribution in [2.24, 2.45) is 0 Å². The van der Waals surface area contributed by atoms with E-state index in [0.717, 1.165) is 44.9 Å². The average Bonchev–Trinajstić information content (AvgIpc) is 2.58. The van der Waals surface area contributed by atoms with Crippen LogP contribution >= 0.6 is 0 Å². The first-order chi connectivity index (χ1) is 11.7. The van der Waals surface area contributed by atoms with Crippen molar-refractivity contribution in [2.45, 2.75) is 57.8 Å². The predicted octanol–water partition coefficient (Wildman–Crippen LogP) is 3.78. The highest BCUT2D eigenvalue weighted by molar-refractivity contribution is 5.77. The van der Waals surface area contributed by atoms with Gasteiger partial charge in [-0.15, -0.1) is 0 Å². The van der Waals surface area contributed by atoms with Crippen LogP contribution in [0.3, 0.4) is 0 Å². The molecule has 1 aromatic carbocycles. The van der Waals surface area contributed by atoms with E-state index < -0.39 is 5.97 Å². The molecule has 24 heavy (non-hydrogen) atoms. The zero-order valence-electron chi connectivity index (χ0n) is 14.3. The number of benzene rings is 1. The maximum absolute atomic E-state index is 11.6. The Kier molecular flexibility index (Phi) is 11.2. The van der Waals surface area contributed by atoms with Gasteiger partial charge in [-0.2, -0.15) is 0 Å². The standard InChI is InChI=1S/C19H29NO4/c21-18(16-24-17-12-8-7-9-13-17)20-15-11-6-4-2-1-3-5-10-14-19(22)23/h7-9,12-13H,1-6,10-11,14-16H2,(H,20,21)(H,22,23). The van der Waals surface area contributed by atoms with Crippen molar-refractivity contribution < 1.29 is 19.4 Å². The maximum Gasteiger partial charge on any atom is 0.303 e. The first kappa shape index (κ1) is 20.0. The quantitative estimate of drug-likeness (QED) is 0.507. The van der Waals surface area contributed by atoms with Crippen LogP contribution in [0.5, 0.6) is 5.75 Å². The molecule has 5 nitrogen and oxygen atoms in total. The molecule has 0 heterocycles. The number of para-hydroxylation sites is 1. The summed E-state index contributed by atoms with van der Waals surface area (Å²) in [5.41, 5.74) is 0. The number of carboxylic acid groups (broad SMARTS) is 1. The monoisotopic (exact) mass is 335 g/mol. The summed E-state index contributed by atoms with van der Waals surface area (Å²) in [6, 6.07) is 9.31. The van der Waals surface area contributed by atoms with Gasteiger partial charge >= 0.3 is 5.97 Å². The zero-order chi connectivity index (χ0) is 17.5. The van der Waals surface area contributed by atoms with Gasteiger partial charge in [0.2, 0.25) is 0 Å². The van der Waals surface area contributed by atoms with E-state index >= 15 is 0 Å². The van der Waals surface area contributed by atoms with E-state index in [0.29, 0.717) is 12.3 Å². The van der Waals surface area contributed by atoms with E-state index in [1.165, 1.54) is 6.42 Å². The van der Waals surface area contributed by atoms with Crippen molar-refractivity contribution in [1.82, 2.24) is 5.32 Å². The Bertz CT molecular complexity index is 462. The largest absolute Gasteiger partial charge is 0.484 e. The molecule has 2 N–H and O–H groups in total. The minimum Gasteiger partial charge on any atom is -0.484 e. The molecule has 0 unspecified atom stereocenters. The number of amides is 1. The highest BCUT2D eigenvalue weighted by Crippen LogP contribution is 2.10. The second-order valence-electron chi connectivity index (χ2n) is 5.92. The second-order valence-corrected chi connectivity index (χ2v) is 5.92. The zero-order valence-corrected chi connectivity index (χ0v) is 14.3. The van der Waals surface area contributed by atoms with Crippen molar-refractivity contribution in [3.8, 4) is 5.75 Å². The third-order valence-electron chi connectivity index (χ3n) is 3.75. The molecule has 0 aliphatic heterocycles. The number of carbonyl (C=O) groups excluding carboxylic acids is 1. The van der Waals surface area contributed by atoms with Gasteiger partial charge in [0.15, 0.2) is 6.61 Å². The van der Waals surface area contributed by atoms with Crippen LogP contribution in [-0.4, -0.2) is 30.1 Å². The van der Waals surface area contributed by atoms with Gasteiger partial charge in [0.05, 0.1) is 0 Å². The number of aliphatic carboxylic acids is 1. The van der Waals surface area contributed by atoms with E-state index in [4.69, 9.17) is 9.84 Å². The van der Waals surface area contributed by atoms with Crippen molar-refractivity contribution in [3.63, 3.8) is 0 Å². The number of carboxylic acids is 1. The minimum atomic E-state index is -0.703. The van der Waals surface area contributed by atoms with Crippen LogP contribution in [0.1, 0.15) is 57.8 Å². The molecule has 134 valence electrons. The van der Waals surface area contributed by atoms with E-state index in [1.807, 2.05) is 30.3 Å². The highest BCUT2D eigenvalue weighted by atomic mass is 16.5. The Labute approximate surface area is 144 Å². The summed E-state index contributed by atoms with van der Waals surface area (Å²) in [5.74, 6) is -0.0838. The molecule has 1 rings (SSSR count). The van der Waals surface area contributed by atoms with E-state index in [2.05, 4.69) is 5.32 Å². The number of nitrogens with one attached hydrogen (secondary N) is 1. The van der Waals surface area contributed by atoms with Gasteiger partial charge in [-0.05, 0) is 25.0 Å². The van der Waals surface area contributed by atoms with Gasteiger partial charge < -0.3 is 15.2 Å². The van der Waals surface area contributed by atoms with Gasteiger partial charge in [-0.1, -0.05) is 56.7 Å². The Balaban J connectivity index is 1.84. The lowest BCUT2D eigenvalue weighted by molar-refractivity contribution is -0.137. The lowest BCUT2D eigenvalue weighted by Gasteiger charge is -2.07. The van der Waals surface area contributed by atoms with Gasteiger partial charge in [0.1, 0.15) is 5.75 Å². The van der Waals surface area contributed by atoms with Gasteiger partial charge in [0, 0.05) is 13.0 Å². The molecular formula is C19H29NO4. The van der Waals surface area contributed by atoms with Crippen LogP contribution in [0, 0.1) is 0 Å². The highest BCUT2D eigenvalue weighted by Gasteiger charge is 2.01. The Hall–Kier alpha value is -2.04. The van der Waals surface area contributed by atoms with Gasteiger partial charge in [-0.25, -0.2) is 0 Å². The van der Waals surface area contributed by atoms with Crippen molar-refractivity contribution in [1.29, 1.82) is 0 Å². The summed E-state index contributed by atoms with van der Waals surface area (Å²) in [6.45, 7) is 0.746. The lowest BCUT2D eigenvalue weighted by Crippen LogP contribution is -2.29. The Morgan fingerprint density at radius 1 is 0.875 bits per heavy atom. The molecule has 0 bridgehead atoms. The number of carbonyl (C=O) groups is 2. The number of ether oxygens (including phenoxy) is 1. The van der Waals surface area contributed by atoms with Crippen molar-refractivity contribution in [2.75, 3.05) is 13.2 Å². The van der Waals surface area contributed by atoms with Crippen LogP contribution in [0.2, 0.25) is 0 Å². The van der Waals surface area contributed by atoms with Crippen molar-refractivity contribution >= 4 is 11.9 Å². The number of unbranched alkanes of at least 4 members (excludes halogenated alkanes) is 7. The molecule has 5 heteroatoms. The molecule has 0 atom stereocenters. The van der Waals surface area contributed by atoms with Crippen LogP contribution in [-0.2, 0) is 9.59 Å². The molecule has 1 aromatic rings. The molecule has 0 saturated carbocycles. The van der Waals surface area contributed by atoms with Gasteiger partial charge in [0.25, 0.3) is 5.91 Å². The molecule has 1 amide bonds. The molecule has 0 aromatic heterocycles. The first-order valence-electron chi connectivity index (χ1n) is 8.85. The van der Waals surface area contributed by atoms with Crippen LogP contribution in [0.4, 0.5) is 0 Å². The smallest absolute Gasteiger partial charge is 0.303 e. The normalized spacial score (nSPS) is 10.3. The number of hydrogen-bond acceptors (Lipinski definition) is 3. The lowest BCUT2D eigenvalue weighted by atomic mass is 10.1. The Morgan fingerprint density at radius 2 is 1.46 bits per heavy atom. The fraction of sp³-hybridized carbons (Fsp3) is 0.579. The predicted molar refractivity (Wildman–Crippen MR) is 94.1 cm³/mol. The molecule has 0 fully saturated rings. The molecule has 0 spiro atoms. The Morgan fingerprint density at radius 3 is 2.08 bits per heavy atom. The SMILES string of the molecule is O=C(O)CCCCCCCCCCNC(=O)COc1ccccc1. The summed E-state index contributed by atoms with van der Waals surface area (Å²) in [5, 5.41) is 11.4. The van der Waals surface area contributed by atoms with Crippen LogP contribution in [0.25, 0.3) is 0 Å². The summed E-state index contributed by atoms with van der Waals surface area (Å²) in [7, 11) is 0. The maximum atomic E-state index is 11.6. The molecule has 0 aliphatic rings. The molecule has 0 aliphatic carbocycles. The van der Waals surface area contributed by atoms with E-state index in [1.54, 1.807) is 0 Å². The van der Waals surface area contributed by atoms with Crippen LogP contribution in [0.15, 0.2) is 30.3 Å². The van der Waals surface area contributed by atoms with Crippen LogP contribution < -0.4 is 10.1 Å². The summed E-state index contributed by atoms with van der Waals surface area (Å²) in [4.78, 5) is 22.0. The third kappa shape index (κ3) is 11.5. The fourth-order valence-corrected chi connectivity index (χ4v) is 2.41. The van der Waals surface area contributed by atoms with Crippen molar-refractivity contribution in [3.05, 3.63) is 30.3 Å². The molecule has 0 saturated heterocycles. The van der Waals surface area contributed by atoms with Gasteiger partial charge in [-0.3, -0.25) is 9.59 Å².